The van der Waals surface area contributed by atoms with E-state index in [0.717, 1.165) is 10.4 Å². The topological polar surface area (TPSA) is 0 Å². The highest BCUT2D eigenvalue weighted by Crippen LogP contribution is 2.34. The molecule has 0 amide bonds. The van der Waals surface area contributed by atoms with Crippen molar-refractivity contribution in [3.63, 3.8) is 0 Å². The third kappa shape index (κ3) is 2.11. The third-order valence-electron chi connectivity index (χ3n) is 2.21. The van der Waals surface area contributed by atoms with Crippen molar-refractivity contribution in [3.8, 4) is 0 Å². The van der Waals surface area contributed by atoms with Crippen molar-refractivity contribution in [1.29, 1.82) is 0 Å². The van der Waals surface area contributed by atoms with Gasteiger partial charge in [-0.3, -0.25) is 0 Å². The van der Waals surface area contributed by atoms with Crippen LogP contribution in [0.5, 0.6) is 0 Å². The van der Waals surface area contributed by atoms with Gasteiger partial charge in [0.25, 0.3) is 0 Å². The van der Waals surface area contributed by atoms with Crippen molar-refractivity contribution in [2.24, 2.45) is 5.92 Å². The van der Waals surface area contributed by atoms with Crippen LogP contribution in [0.15, 0.2) is 27.1 Å². The predicted octanol–water partition coefficient (Wildman–Crippen LogP) is 4.16. The molecule has 2 rings (SSSR count). The lowest BCUT2D eigenvalue weighted by Gasteiger charge is -2.01. The number of hydrogen-bond donors (Lipinski definition) is 0. The molecule has 0 radical (unpaired) electrons. The maximum atomic E-state index is 3.51. The molecular weight excluding hydrogens is 280 g/mol. The van der Waals surface area contributed by atoms with Crippen LogP contribution >= 0.6 is 31.9 Å². The van der Waals surface area contributed by atoms with Crippen LogP contribution in [0.3, 0.4) is 0 Å². The average Bonchev–Trinajstić information content (AvgIpc) is 2.81. The Morgan fingerprint density at radius 2 is 1.92 bits per heavy atom. The summed E-state index contributed by atoms with van der Waals surface area (Å²) in [6.45, 7) is 0. The predicted molar refractivity (Wildman–Crippen MR) is 58.3 cm³/mol. The molecule has 64 valence electrons. The van der Waals surface area contributed by atoms with Gasteiger partial charge in [0.15, 0.2) is 0 Å². The summed E-state index contributed by atoms with van der Waals surface area (Å²) in [6.07, 6.45) is 4.10. The largest absolute Gasteiger partial charge is 0.0578 e. The molecule has 1 saturated carbocycles. The molecule has 0 spiro atoms. The number of rotatable bonds is 2. The van der Waals surface area contributed by atoms with Gasteiger partial charge in [0.1, 0.15) is 0 Å². The van der Waals surface area contributed by atoms with Gasteiger partial charge in [0, 0.05) is 8.95 Å². The molecule has 1 aliphatic carbocycles. The zero-order valence-corrected chi connectivity index (χ0v) is 9.86. The molecule has 1 fully saturated rings. The van der Waals surface area contributed by atoms with Gasteiger partial charge >= 0.3 is 0 Å². The Morgan fingerprint density at radius 3 is 2.50 bits per heavy atom. The van der Waals surface area contributed by atoms with Gasteiger partial charge in [-0.2, -0.15) is 0 Å². The van der Waals surface area contributed by atoms with E-state index in [9.17, 15) is 0 Å². The lowest BCUT2D eigenvalue weighted by atomic mass is 10.1. The van der Waals surface area contributed by atoms with Crippen LogP contribution in [0.25, 0.3) is 0 Å². The molecule has 0 nitrogen and oxygen atoms in total. The van der Waals surface area contributed by atoms with Crippen LogP contribution in [-0.2, 0) is 6.42 Å². The molecule has 0 N–H and O–H groups in total. The van der Waals surface area contributed by atoms with E-state index in [4.69, 9.17) is 0 Å². The zero-order chi connectivity index (χ0) is 8.55. The second kappa shape index (κ2) is 3.51. The Bertz CT molecular complexity index is 290. The highest BCUT2D eigenvalue weighted by atomic mass is 79.9. The Labute approximate surface area is 89.6 Å². The summed E-state index contributed by atoms with van der Waals surface area (Å²) >= 11 is 6.97. The summed E-state index contributed by atoms with van der Waals surface area (Å²) in [6, 6.07) is 6.53. The van der Waals surface area contributed by atoms with Crippen molar-refractivity contribution in [3.05, 3.63) is 32.7 Å². The molecule has 0 atom stereocenters. The quantitative estimate of drug-likeness (QED) is 0.767. The van der Waals surface area contributed by atoms with Crippen molar-refractivity contribution < 1.29 is 0 Å². The fourth-order valence-electron chi connectivity index (χ4n) is 1.32. The minimum absolute atomic E-state index is 0.970. The third-order valence-corrected chi connectivity index (χ3v) is 4.08. The van der Waals surface area contributed by atoms with E-state index >= 15 is 0 Å². The van der Waals surface area contributed by atoms with E-state index in [-0.39, 0.29) is 0 Å². The zero-order valence-electron chi connectivity index (χ0n) is 6.69. The van der Waals surface area contributed by atoms with Gasteiger partial charge in [-0.25, -0.2) is 0 Å². The lowest BCUT2D eigenvalue weighted by Crippen LogP contribution is -1.86. The number of halogens is 2. The summed E-state index contributed by atoms with van der Waals surface area (Å²) in [7, 11) is 0. The van der Waals surface area contributed by atoms with Gasteiger partial charge in [0.2, 0.25) is 0 Å². The van der Waals surface area contributed by atoms with Crippen molar-refractivity contribution in [1.82, 2.24) is 0 Å². The van der Waals surface area contributed by atoms with Gasteiger partial charge in [-0.15, -0.1) is 0 Å². The first kappa shape index (κ1) is 8.76. The molecule has 1 aromatic carbocycles. The fourth-order valence-corrected chi connectivity index (χ4v) is 1.99. The van der Waals surface area contributed by atoms with Crippen LogP contribution in [0.4, 0.5) is 0 Å². The number of hydrogen-bond acceptors (Lipinski definition) is 0. The molecule has 1 aromatic rings. The first-order valence-corrected chi connectivity index (χ1v) is 5.78. The molecule has 12 heavy (non-hydrogen) atoms. The van der Waals surface area contributed by atoms with Gasteiger partial charge < -0.3 is 0 Å². The molecule has 0 aromatic heterocycles. The number of benzene rings is 1. The Balaban J connectivity index is 2.15. The molecule has 0 heterocycles. The van der Waals surface area contributed by atoms with E-state index in [1.165, 1.54) is 29.3 Å². The molecule has 0 aliphatic heterocycles. The summed E-state index contributed by atoms with van der Waals surface area (Å²) in [5.74, 6) is 0.970. The molecular formula is C10H10Br2. The fraction of sp³-hybridized carbons (Fsp3) is 0.400. The van der Waals surface area contributed by atoms with Crippen LogP contribution in [0.1, 0.15) is 18.4 Å². The van der Waals surface area contributed by atoms with E-state index in [0.29, 0.717) is 0 Å². The lowest BCUT2D eigenvalue weighted by molar-refractivity contribution is 0.831. The highest BCUT2D eigenvalue weighted by molar-refractivity contribution is 9.13. The summed E-state index contributed by atoms with van der Waals surface area (Å²) in [4.78, 5) is 0. The average molecular weight is 290 g/mol. The van der Waals surface area contributed by atoms with Crippen LogP contribution < -0.4 is 0 Å². The first-order chi connectivity index (χ1) is 5.75. The van der Waals surface area contributed by atoms with Crippen LogP contribution in [0, 0.1) is 5.92 Å². The van der Waals surface area contributed by atoms with E-state index in [2.05, 4.69) is 50.1 Å². The summed E-state index contributed by atoms with van der Waals surface area (Å²) < 4.78 is 2.31. The molecule has 0 saturated heterocycles. The van der Waals surface area contributed by atoms with Crippen LogP contribution in [0.2, 0.25) is 0 Å². The maximum Gasteiger partial charge on any atom is 0.0320 e. The minimum atomic E-state index is 0.970. The minimum Gasteiger partial charge on any atom is -0.0578 e. The maximum absolute atomic E-state index is 3.51. The summed E-state index contributed by atoms with van der Waals surface area (Å²) in [5, 5.41) is 0. The van der Waals surface area contributed by atoms with Crippen molar-refractivity contribution in [2.75, 3.05) is 0 Å². The van der Waals surface area contributed by atoms with E-state index < -0.39 is 0 Å². The second-order valence-electron chi connectivity index (χ2n) is 3.40. The van der Waals surface area contributed by atoms with Gasteiger partial charge in [0.05, 0.1) is 0 Å². The molecule has 0 bridgehead atoms. The highest BCUT2D eigenvalue weighted by Gasteiger charge is 2.21. The van der Waals surface area contributed by atoms with Crippen molar-refractivity contribution in [2.45, 2.75) is 19.3 Å². The van der Waals surface area contributed by atoms with Crippen molar-refractivity contribution >= 4 is 31.9 Å². The smallest absolute Gasteiger partial charge is 0.0320 e. The molecule has 2 heteroatoms. The normalized spacial score (nSPS) is 16.5. The van der Waals surface area contributed by atoms with Gasteiger partial charge in [-0.1, -0.05) is 6.07 Å². The Morgan fingerprint density at radius 1 is 1.17 bits per heavy atom. The SMILES string of the molecule is Brc1ccc(CC2CC2)cc1Br. The van der Waals surface area contributed by atoms with E-state index in [1.807, 2.05) is 0 Å². The van der Waals surface area contributed by atoms with Crippen LogP contribution in [-0.4, -0.2) is 0 Å². The standard InChI is InChI=1S/C10H10Br2/c11-9-4-3-8(6-10(9)12)5-7-1-2-7/h3-4,6-7H,1-2,5H2. The Kier molecular flexibility index (Phi) is 2.56. The van der Waals surface area contributed by atoms with E-state index in [1.54, 1.807) is 0 Å². The Hall–Kier alpha value is 0.180. The van der Waals surface area contributed by atoms with Gasteiger partial charge in [-0.05, 0) is 74.7 Å². The molecule has 1 aliphatic rings. The first-order valence-electron chi connectivity index (χ1n) is 4.19. The summed E-state index contributed by atoms with van der Waals surface area (Å²) in [5.41, 5.74) is 1.45. The molecule has 0 unspecified atom stereocenters. The second-order valence-corrected chi connectivity index (χ2v) is 5.10. The monoisotopic (exact) mass is 288 g/mol.